The van der Waals surface area contributed by atoms with Crippen LogP contribution in [0.3, 0.4) is 0 Å². The number of alkyl carbamates (subject to hydrolysis) is 1. The third-order valence-electron chi connectivity index (χ3n) is 5.62. The fourth-order valence-electron chi connectivity index (χ4n) is 3.84. The van der Waals surface area contributed by atoms with E-state index in [2.05, 4.69) is 5.32 Å². The molecule has 2 saturated heterocycles. The Kier molecular flexibility index (Phi) is 8.34. The van der Waals surface area contributed by atoms with Crippen LogP contribution in [-0.2, 0) is 28.8 Å². The second kappa shape index (κ2) is 11.0. The molecule has 2 aliphatic rings. The zero-order valence-corrected chi connectivity index (χ0v) is 19.9. The van der Waals surface area contributed by atoms with Gasteiger partial charge in [0, 0.05) is 6.42 Å². The van der Waals surface area contributed by atoms with Gasteiger partial charge in [-0.3, -0.25) is 9.69 Å². The Morgan fingerprint density at radius 2 is 1.94 bits per heavy atom. The molecule has 2 aliphatic heterocycles. The van der Waals surface area contributed by atoms with E-state index < -0.39 is 46.7 Å². The van der Waals surface area contributed by atoms with Gasteiger partial charge < -0.3 is 19.5 Å². The van der Waals surface area contributed by atoms with Crippen molar-refractivity contribution < 1.29 is 41.4 Å². The third-order valence-corrected chi connectivity index (χ3v) is 7.34. The van der Waals surface area contributed by atoms with Crippen molar-refractivity contribution in [2.24, 2.45) is 5.92 Å². The first-order valence-corrected chi connectivity index (χ1v) is 12.9. The van der Waals surface area contributed by atoms with Crippen LogP contribution in [0.2, 0.25) is 0 Å². The number of carbonyl (C=O) groups is 3. The lowest BCUT2D eigenvalue weighted by atomic mass is 9.93. The number of esters is 1. The van der Waals surface area contributed by atoms with E-state index in [1.807, 2.05) is 13.8 Å². The Hall–Kier alpha value is -2.89. The smallest absolute Gasteiger partial charge is 0.414 e. The van der Waals surface area contributed by atoms with Crippen molar-refractivity contribution in [1.29, 1.82) is 0 Å². The van der Waals surface area contributed by atoms with Crippen LogP contribution in [0.15, 0.2) is 18.2 Å². The van der Waals surface area contributed by atoms with E-state index in [0.717, 1.165) is 0 Å². The summed E-state index contributed by atoms with van der Waals surface area (Å²) in [4.78, 5) is 36.7. The molecule has 0 radical (unpaired) electrons. The van der Waals surface area contributed by atoms with Crippen molar-refractivity contribution in [2.45, 2.75) is 45.1 Å². The quantitative estimate of drug-likeness (QED) is 0.426. The van der Waals surface area contributed by atoms with Gasteiger partial charge in [0.2, 0.25) is 6.79 Å². The van der Waals surface area contributed by atoms with Crippen LogP contribution >= 0.6 is 0 Å². The lowest BCUT2D eigenvalue weighted by Gasteiger charge is -2.23. The Morgan fingerprint density at radius 3 is 2.59 bits per heavy atom. The van der Waals surface area contributed by atoms with Crippen LogP contribution in [0.1, 0.15) is 44.6 Å². The number of hydrogen-bond acceptors (Lipinski definition) is 8. The molecule has 0 bridgehead atoms. The second-order valence-corrected chi connectivity index (χ2v) is 11.1. The van der Waals surface area contributed by atoms with Crippen LogP contribution in [0.25, 0.3) is 0 Å². The van der Waals surface area contributed by atoms with Crippen LogP contribution < -0.4 is 10.2 Å². The fourth-order valence-corrected chi connectivity index (χ4v) is 5.34. The number of halogens is 1. The molecule has 1 N–H and O–H groups in total. The molecule has 0 spiro atoms. The van der Waals surface area contributed by atoms with E-state index in [0.29, 0.717) is 24.1 Å². The van der Waals surface area contributed by atoms with Crippen molar-refractivity contribution in [3.8, 4) is 0 Å². The van der Waals surface area contributed by atoms with E-state index in [-0.39, 0.29) is 42.9 Å². The molecule has 188 valence electrons. The van der Waals surface area contributed by atoms with E-state index in [1.54, 1.807) is 12.1 Å². The van der Waals surface area contributed by atoms with Gasteiger partial charge in [-0.05, 0) is 42.4 Å². The number of ether oxygens (including phenoxy) is 3. The van der Waals surface area contributed by atoms with Crippen molar-refractivity contribution in [3.63, 3.8) is 0 Å². The zero-order chi connectivity index (χ0) is 24.9. The molecule has 1 atom stereocenters. The monoisotopic (exact) mass is 500 g/mol. The maximum absolute atomic E-state index is 14.8. The Morgan fingerprint density at radius 1 is 1.24 bits per heavy atom. The highest BCUT2D eigenvalue weighted by molar-refractivity contribution is 7.91. The van der Waals surface area contributed by atoms with Gasteiger partial charge in [0.15, 0.2) is 0 Å². The standard InChI is InChI=1S/C22H29FN2O8S/c1-14(2)9-20(26)31-13-32-21(27)24-11-17-12-25(22(28)33-17)16-3-4-18(19(23)10-16)15-5-7-34(29,30)8-6-15/h3-4,10,14-15,17H,5-9,11-13H2,1-2H3,(H,24,27)/t17-/m0/s1. The lowest BCUT2D eigenvalue weighted by Crippen LogP contribution is -2.35. The summed E-state index contributed by atoms with van der Waals surface area (Å²) in [6.07, 6.45) is -1.26. The maximum atomic E-state index is 14.8. The Bertz CT molecular complexity index is 1020. The molecule has 3 rings (SSSR count). The van der Waals surface area contributed by atoms with E-state index in [9.17, 15) is 27.2 Å². The average molecular weight is 501 g/mol. The minimum absolute atomic E-state index is 0.0365. The molecular weight excluding hydrogens is 471 g/mol. The van der Waals surface area contributed by atoms with Gasteiger partial charge in [-0.1, -0.05) is 19.9 Å². The second-order valence-electron chi connectivity index (χ2n) is 8.79. The van der Waals surface area contributed by atoms with Crippen molar-refractivity contribution in [3.05, 3.63) is 29.6 Å². The van der Waals surface area contributed by atoms with E-state index >= 15 is 0 Å². The maximum Gasteiger partial charge on any atom is 0.414 e. The Balaban J connectivity index is 1.47. The number of nitrogens with zero attached hydrogens (tertiary/aromatic N) is 1. The number of hydrogen-bond donors (Lipinski definition) is 1. The van der Waals surface area contributed by atoms with Crippen LogP contribution in [0, 0.1) is 11.7 Å². The zero-order valence-electron chi connectivity index (χ0n) is 19.1. The summed E-state index contributed by atoms with van der Waals surface area (Å²) in [7, 11) is -3.05. The van der Waals surface area contributed by atoms with Crippen LogP contribution in [0.5, 0.6) is 0 Å². The summed E-state index contributed by atoms with van der Waals surface area (Å²) in [6.45, 7) is 3.23. The highest BCUT2D eigenvalue weighted by Crippen LogP contribution is 2.33. The normalized spacial score (nSPS) is 20.2. The average Bonchev–Trinajstić information content (AvgIpc) is 3.12. The summed E-state index contributed by atoms with van der Waals surface area (Å²) in [6, 6.07) is 4.40. The number of carbonyl (C=O) groups excluding carboxylic acids is 3. The van der Waals surface area contributed by atoms with E-state index in [4.69, 9.17) is 14.2 Å². The highest BCUT2D eigenvalue weighted by atomic mass is 32.2. The number of amides is 2. The summed E-state index contributed by atoms with van der Waals surface area (Å²) in [5.74, 6) is -0.974. The summed E-state index contributed by atoms with van der Waals surface area (Å²) in [5.41, 5.74) is 0.734. The lowest BCUT2D eigenvalue weighted by molar-refractivity contribution is -0.152. The molecule has 0 aliphatic carbocycles. The van der Waals surface area contributed by atoms with Gasteiger partial charge in [0.1, 0.15) is 21.8 Å². The predicted molar refractivity (Wildman–Crippen MR) is 120 cm³/mol. The first-order chi connectivity index (χ1) is 16.0. The number of anilines is 1. The van der Waals surface area contributed by atoms with Crippen molar-refractivity contribution in [1.82, 2.24) is 5.32 Å². The van der Waals surface area contributed by atoms with Gasteiger partial charge in [0.25, 0.3) is 0 Å². The Labute approximate surface area is 197 Å². The predicted octanol–water partition coefficient (Wildman–Crippen LogP) is 2.72. The molecule has 1 aromatic rings. The number of benzene rings is 1. The number of cyclic esters (lactones) is 1. The molecule has 0 unspecified atom stereocenters. The van der Waals surface area contributed by atoms with Gasteiger partial charge in [0.05, 0.1) is 30.3 Å². The van der Waals surface area contributed by atoms with E-state index in [1.165, 1.54) is 11.0 Å². The largest absolute Gasteiger partial charge is 0.442 e. The summed E-state index contributed by atoms with van der Waals surface area (Å²) in [5, 5.41) is 2.42. The third kappa shape index (κ3) is 7.05. The summed E-state index contributed by atoms with van der Waals surface area (Å²) < 4.78 is 52.7. The fraction of sp³-hybridized carbons (Fsp3) is 0.591. The molecule has 10 nitrogen and oxygen atoms in total. The molecule has 0 aromatic heterocycles. The van der Waals surface area contributed by atoms with Gasteiger partial charge in [-0.2, -0.15) is 0 Å². The molecule has 2 amide bonds. The molecule has 2 heterocycles. The topological polar surface area (TPSA) is 128 Å². The minimum atomic E-state index is -3.05. The molecule has 2 fully saturated rings. The van der Waals surface area contributed by atoms with Crippen molar-refractivity contribution in [2.75, 3.05) is 36.3 Å². The molecule has 34 heavy (non-hydrogen) atoms. The highest BCUT2D eigenvalue weighted by Gasteiger charge is 2.34. The first-order valence-electron chi connectivity index (χ1n) is 11.1. The van der Waals surface area contributed by atoms with Gasteiger partial charge in [-0.15, -0.1) is 0 Å². The van der Waals surface area contributed by atoms with Gasteiger partial charge in [-0.25, -0.2) is 22.4 Å². The number of sulfone groups is 1. The molecule has 0 saturated carbocycles. The van der Waals surface area contributed by atoms with Crippen molar-refractivity contribution >= 4 is 33.7 Å². The van der Waals surface area contributed by atoms with Crippen LogP contribution in [-0.4, -0.2) is 64.1 Å². The number of nitrogens with one attached hydrogen (secondary N) is 1. The molecule has 12 heteroatoms. The minimum Gasteiger partial charge on any atom is -0.442 e. The number of rotatable bonds is 8. The van der Waals surface area contributed by atoms with Gasteiger partial charge >= 0.3 is 18.2 Å². The molecular formula is C22H29FN2O8S. The molecule has 1 aromatic carbocycles. The summed E-state index contributed by atoms with van der Waals surface area (Å²) >= 11 is 0. The first kappa shape index (κ1) is 25.7. The SMILES string of the molecule is CC(C)CC(=O)OCOC(=O)NC[C@H]1CN(c2ccc(C3CCS(=O)(=O)CC3)c(F)c2)C(=O)O1. The van der Waals surface area contributed by atoms with Crippen LogP contribution in [0.4, 0.5) is 19.7 Å².